The molecule has 0 spiro atoms. The van der Waals surface area contributed by atoms with Crippen molar-refractivity contribution in [3.8, 4) is 0 Å². The van der Waals surface area contributed by atoms with Crippen molar-refractivity contribution < 1.29 is 0 Å². The zero-order valence-electron chi connectivity index (χ0n) is 11.7. The minimum absolute atomic E-state index is 0.292. The summed E-state index contributed by atoms with van der Waals surface area (Å²) in [6.07, 6.45) is 0.901. The summed E-state index contributed by atoms with van der Waals surface area (Å²) in [5, 5.41) is 4.22. The highest BCUT2D eigenvalue weighted by molar-refractivity contribution is 6.31. The lowest BCUT2D eigenvalue weighted by molar-refractivity contribution is 0.592. The van der Waals surface area contributed by atoms with Crippen LogP contribution in [-0.2, 0) is 6.42 Å². The summed E-state index contributed by atoms with van der Waals surface area (Å²) in [5.41, 5.74) is 4.97. The molecule has 0 fully saturated rings. The molecule has 100 valence electrons. The van der Waals surface area contributed by atoms with Crippen molar-refractivity contribution in [1.82, 2.24) is 5.32 Å². The molecule has 0 aromatic heterocycles. The van der Waals surface area contributed by atoms with Gasteiger partial charge in [-0.25, -0.2) is 0 Å². The van der Waals surface area contributed by atoms with E-state index in [1.54, 1.807) is 0 Å². The van der Waals surface area contributed by atoms with Crippen molar-refractivity contribution in [1.29, 1.82) is 0 Å². The first-order valence-electron chi connectivity index (χ1n) is 6.59. The maximum absolute atomic E-state index is 6.32. The van der Waals surface area contributed by atoms with E-state index in [2.05, 4.69) is 55.6 Å². The van der Waals surface area contributed by atoms with Crippen LogP contribution in [-0.4, -0.2) is 7.05 Å². The summed E-state index contributed by atoms with van der Waals surface area (Å²) >= 11 is 6.32. The first-order valence-corrected chi connectivity index (χ1v) is 6.97. The van der Waals surface area contributed by atoms with Crippen molar-refractivity contribution in [2.75, 3.05) is 7.05 Å². The van der Waals surface area contributed by atoms with Crippen LogP contribution in [0.2, 0.25) is 5.02 Å². The van der Waals surface area contributed by atoms with Gasteiger partial charge in [0, 0.05) is 11.1 Å². The van der Waals surface area contributed by atoms with Gasteiger partial charge in [-0.3, -0.25) is 0 Å². The number of likely N-dealkylation sites (N-methyl/N-ethyl adjacent to an activating group) is 1. The Bertz CT molecular complexity index is 546. The molecular weight excluding hydrogens is 254 g/mol. The predicted molar refractivity (Wildman–Crippen MR) is 82.9 cm³/mol. The van der Waals surface area contributed by atoms with Crippen molar-refractivity contribution in [3.63, 3.8) is 0 Å². The van der Waals surface area contributed by atoms with Crippen molar-refractivity contribution in [2.24, 2.45) is 0 Å². The standard InChI is InChI=1S/C17H20ClN/c1-12-4-7-14(8-5-12)17(19-3)11-15-9-6-13(2)10-16(15)18/h4-10,17,19H,11H2,1-3H3. The molecule has 0 aliphatic rings. The van der Waals surface area contributed by atoms with E-state index in [4.69, 9.17) is 11.6 Å². The normalized spacial score (nSPS) is 12.4. The highest BCUT2D eigenvalue weighted by Crippen LogP contribution is 2.24. The zero-order chi connectivity index (χ0) is 13.8. The van der Waals surface area contributed by atoms with Crippen molar-refractivity contribution in [2.45, 2.75) is 26.3 Å². The first-order chi connectivity index (χ1) is 9.10. The number of halogens is 1. The van der Waals surface area contributed by atoms with Crippen LogP contribution in [0.3, 0.4) is 0 Å². The molecule has 2 aromatic rings. The molecule has 0 bridgehead atoms. The third-order valence-corrected chi connectivity index (χ3v) is 3.81. The molecular formula is C17H20ClN. The maximum Gasteiger partial charge on any atom is 0.0441 e. The molecule has 1 nitrogen and oxygen atoms in total. The SMILES string of the molecule is CNC(Cc1ccc(C)cc1Cl)c1ccc(C)cc1. The molecule has 0 aliphatic heterocycles. The highest BCUT2D eigenvalue weighted by Gasteiger charge is 2.12. The van der Waals surface area contributed by atoms with E-state index in [0.717, 1.165) is 11.4 Å². The number of aryl methyl sites for hydroxylation is 2. The van der Waals surface area contributed by atoms with Crippen molar-refractivity contribution in [3.05, 3.63) is 69.7 Å². The second kappa shape index (κ2) is 6.23. The van der Waals surface area contributed by atoms with Gasteiger partial charge in [0.15, 0.2) is 0 Å². The summed E-state index contributed by atoms with van der Waals surface area (Å²) in [4.78, 5) is 0. The molecule has 2 rings (SSSR count). The molecule has 1 atom stereocenters. The van der Waals surface area contributed by atoms with Crippen LogP contribution in [0.25, 0.3) is 0 Å². The molecule has 0 saturated carbocycles. The fourth-order valence-electron chi connectivity index (χ4n) is 2.22. The molecule has 0 heterocycles. The lowest BCUT2D eigenvalue weighted by Gasteiger charge is -2.18. The third-order valence-electron chi connectivity index (χ3n) is 3.46. The Labute approximate surface area is 120 Å². The summed E-state index contributed by atoms with van der Waals surface area (Å²) in [7, 11) is 1.99. The van der Waals surface area contributed by atoms with E-state index >= 15 is 0 Å². The predicted octanol–water partition coefficient (Wildman–Crippen LogP) is 4.46. The molecule has 0 radical (unpaired) electrons. The zero-order valence-corrected chi connectivity index (χ0v) is 12.5. The molecule has 1 N–H and O–H groups in total. The number of hydrogen-bond acceptors (Lipinski definition) is 1. The van der Waals surface area contributed by atoms with Crippen LogP contribution in [0.4, 0.5) is 0 Å². The van der Waals surface area contributed by atoms with Crippen LogP contribution in [0.1, 0.15) is 28.3 Å². The Morgan fingerprint density at radius 1 is 1.00 bits per heavy atom. The fraction of sp³-hybridized carbons (Fsp3) is 0.294. The molecule has 0 saturated heterocycles. The fourth-order valence-corrected chi connectivity index (χ4v) is 2.54. The summed E-state index contributed by atoms with van der Waals surface area (Å²) < 4.78 is 0. The maximum atomic E-state index is 6.32. The van der Waals surface area contributed by atoms with Gasteiger partial charge in [0.05, 0.1) is 0 Å². The van der Waals surface area contributed by atoms with E-state index in [1.165, 1.54) is 22.3 Å². The van der Waals surface area contributed by atoms with Crippen LogP contribution in [0, 0.1) is 13.8 Å². The average Bonchev–Trinajstić information content (AvgIpc) is 2.39. The van der Waals surface area contributed by atoms with Crippen molar-refractivity contribution >= 4 is 11.6 Å². The number of hydrogen-bond donors (Lipinski definition) is 1. The molecule has 0 amide bonds. The molecule has 1 unspecified atom stereocenters. The largest absolute Gasteiger partial charge is 0.313 e. The van der Waals surface area contributed by atoms with Crippen LogP contribution >= 0.6 is 11.6 Å². The van der Waals surface area contributed by atoms with Crippen LogP contribution in [0.5, 0.6) is 0 Å². The minimum Gasteiger partial charge on any atom is -0.313 e. The lowest BCUT2D eigenvalue weighted by Crippen LogP contribution is -2.19. The quantitative estimate of drug-likeness (QED) is 0.867. The van der Waals surface area contributed by atoms with Crippen LogP contribution < -0.4 is 5.32 Å². The van der Waals surface area contributed by atoms with Gasteiger partial charge in [-0.05, 0) is 50.1 Å². The van der Waals surface area contributed by atoms with E-state index in [9.17, 15) is 0 Å². The molecule has 19 heavy (non-hydrogen) atoms. The smallest absolute Gasteiger partial charge is 0.0441 e. The average molecular weight is 274 g/mol. The second-order valence-corrected chi connectivity index (χ2v) is 5.46. The second-order valence-electron chi connectivity index (χ2n) is 5.05. The lowest BCUT2D eigenvalue weighted by atomic mass is 9.97. The summed E-state index contributed by atoms with van der Waals surface area (Å²) in [6, 6.07) is 15.2. The Hall–Kier alpha value is -1.31. The number of benzene rings is 2. The van der Waals surface area contributed by atoms with Gasteiger partial charge in [0.25, 0.3) is 0 Å². The monoisotopic (exact) mass is 273 g/mol. The topological polar surface area (TPSA) is 12.0 Å². The summed E-state index contributed by atoms with van der Waals surface area (Å²) in [6.45, 7) is 4.17. The van der Waals surface area contributed by atoms with E-state index < -0.39 is 0 Å². The Kier molecular flexibility index (Phi) is 4.62. The first kappa shape index (κ1) is 14.1. The van der Waals surface area contributed by atoms with E-state index in [0.29, 0.717) is 6.04 Å². The molecule has 2 aromatic carbocycles. The van der Waals surface area contributed by atoms with E-state index in [-0.39, 0.29) is 0 Å². The molecule has 0 aliphatic carbocycles. The highest BCUT2D eigenvalue weighted by atomic mass is 35.5. The number of nitrogens with one attached hydrogen (secondary N) is 1. The van der Waals surface area contributed by atoms with Gasteiger partial charge in [-0.15, -0.1) is 0 Å². The number of rotatable bonds is 4. The molecule has 2 heteroatoms. The van der Waals surface area contributed by atoms with E-state index in [1.807, 2.05) is 13.1 Å². The Morgan fingerprint density at radius 2 is 1.63 bits per heavy atom. The van der Waals surface area contributed by atoms with Gasteiger partial charge in [-0.1, -0.05) is 53.6 Å². The van der Waals surface area contributed by atoms with Gasteiger partial charge in [0.2, 0.25) is 0 Å². The van der Waals surface area contributed by atoms with Gasteiger partial charge < -0.3 is 5.32 Å². The summed E-state index contributed by atoms with van der Waals surface area (Å²) in [5.74, 6) is 0. The van der Waals surface area contributed by atoms with Gasteiger partial charge >= 0.3 is 0 Å². The van der Waals surface area contributed by atoms with Crippen LogP contribution in [0.15, 0.2) is 42.5 Å². The van der Waals surface area contributed by atoms with Gasteiger partial charge in [0.1, 0.15) is 0 Å². The third kappa shape index (κ3) is 3.59. The Balaban J connectivity index is 2.21. The minimum atomic E-state index is 0.292. The Morgan fingerprint density at radius 3 is 2.21 bits per heavy atom. The van der Waals surface area contributed by atoms with Gasteiger partial charge in [-0.2, -0.15) is 0 Å².